The van der Waals surface area contributed by atoms with Gasteiger partial charge in [0, 0.05) is 10.7 Å². The molecular formula is C22H16Cl3N3O2S. The molecule has 2 atom stereocenters. The Balaban J connectivity index is 1.40. The largest absolute Gasteiger partial charge is 0.456 e. The van der Waals surface area contributed by atoms with Crippen molar-refractivity contribution in [1.82, 2.24) is 10.4 Å². The average molecular weight is 493 g/mol. The van der Waals surface area contributed by atoms with Crippen molar-refractivity contribution in [2.45, 2.75) is 11.4 Å². The van der Waals surface area contributed by atoms with Gasteiger partial charge >= 0.3 is 0 Å². The number of halogens is 3. The number of ether oxygens (including phenoxy) is 1. The van der Waals surface area contributed by atoms with Crippen LogP contribution in [-0.4, -0.2) is 21.4 Å². The van der Waals surface area contributed by atoms with E-state index in [2.05, 4.69) is 10.7 Å². The molecule has 1 fully saturated rings. The van der Waals surface area contributed by atoms with Crippen molar-refractivity contribution in [3.63, 3.8) is 0 Å². The lowest BCUT2D eigenvalue weighted by molar-refractivity contribution is -0.148. The molecule has 0 unspecified atom stereocenters. The van der Waals surface area contributed by atoms with Crippen molar-refractivity contribution in [2.24, 2.45) is 0 Å². The summed E-state index contributed by atoms with van der Waals surface area (Å²) in [5.74, 6) is 0.855. The van der Waals surface area contributed by atoms with E-state index < -0.39 is 5.38 Å². The van der Waals surface area contributed by atoms with Crippen LogP contribution in [-0.2, 0) is 4.79 Å². The summed E-state index contributed by atoms with van der Waals surface area (Å²) in [5.41, 5.74) is 4.46. The number of hydrogen-bond donors (Lipinski definition) is 2. The predicted octanol–water partition coefficient (Wildman–Crippen LogP) is 6.18. The standard InChI is InChI=1S/C22H16Cl3N3O2S/c23-14-6-9-16(10-7-14)30-18-11-8-15(12-17(18)24)26-22(31)27-28-20(19(25)21(28)29)13-4-2-1-3-5-13/h1-12,19-20H,(H2,26,27,31)/t19-,20-/m0/s1. The lowest BCUT2D eigenvalue weighted by Crippen LogP contribution is -2.63. The molecule has 158 valence electrons. The van der Waals surface area contributed by atoms with Crippen LogP contribution in [0.3, 0.4) is 0 Å². The molecule has 5 nitrogen and oxygen atoms in total. The summed E-state index contributed by atoms with van der Waals surface area (Å²) in [4.78, 5) is 12.2. The molecule has 4 rings (SSSR count). The van der Waals surface area contributed by atoms with Gasteiger partial charge in [0.1, 0.15) is 22.9 Å². The number of rotatable bonds is 5. The molecule has 0 saturated carbocycles. The van der Waals surface area contributed by atoms with Crippen LogP contribution >= 0.6 is 47.0 Å². The highest BCUT2D eigenvalue weighted by molar-refractivity contribution is 7.80. The number of β-lactam (4-membered cyclic amide) rings is 1. The van der Waals surface area contributed by atoms with Gasteiger partial charge in [0.05, 0.1) is 5.02 Å². The molecule has 1 amide bonds. The van der Waals surface area contributed by atoms with Crippen LogP contribution in [0.4, 0.5) is 5.69 Å². The van der Waals surface area contributed by atoms with Gasteiger partial charge in [0.15, 0.2) is 5.11 Å². The molecule has 0 bridgehead atoms. The van der Waals surface area contributed by atoms with Gasteiger partial charge in [-0.2, -0.15) is 0 Å². The smallest absolute Gasteiger partial charge is 0.262 e. The first-order valence-corrected chi connectivity index (χ1v) is 10.8. The summed E-state index contributed by atoms with van der Waals surface area (Å²) in [6, 6.07) is 21.3. The summed E-state index contributed by atoms with van der Waals surface area (Å²) < 4.78 is 5.77. The van der Waals surface area contributed by atoms with Gasteiger partial charge in [-0.3, -0.25) is 10.2 Å². The molecule has 3 aromatic rings. The van der Waals surface area contributed by atoms with E-state index in [9.17, 15) is 4.79 Å². The minimum absolute atomic E-state index is 0.236. The minimum Gasteiger partial charge on any atom is -0.456 e. The number of benzene rings is 3. The van der Waals surface area contributed by atoms with E-state index >= 15 is 0 Å². The number of alkyl halides is 1. The molecular weight excluding hydrogens is 477 g/mol. The molecule has 1 aliphatic rings. The zero-order valence-corrected chi connectivity index (χ0v) is 19.0. The Morgan fingerprint density at radius 3 is 2.39 bits per heavy atom. The van der Waals surface area contributed by atoms with E-state index in [-0.39, 0.29) is 17.1 Å². The van der Waals surface area contributed by atoms with Crippen LogP contribution in [0.1, 0.15) is 11.6 Å². The number of hydrazine groups is 1. The Kier molecular flexibility index (Phi) is 6.53. The Labute approximate surface area is 199 Å². The van der Waals surface area contributed by atoms with Gasteiger partial charge in [-0.05, 0) is 60.2 Å². The molecule has 9 heteroatoms. The molecule has 0 aliphatic carbocycles. The lowest BCUT2D eigenvalue weighted by Gasteiger charge is -2.44. The monoisotopic (exact) mass is 491 g/mol. The van der Waals surface area contributed by atoms with E-state index in [4.69, 9.17) is 51.8 Å². The molecule has 0 spiro atoms. The Morgan fingerprint density at radius 1 is 1.00 bits per heavy atom. The van der Waals surface area contributed by atoms with E-state index in [1.54, 1.807) is 42.5 Å². The van der Waals surface area contributed by atoms with Gasteiger partial charge in [-0.25, -0.2) is 5.01 Å². The van der Waals surface area contributed by atoms with Crippen molar-refractivity contribution in [3.05, 3.63) is 88.4 Å². The van der Waals surface area contributed by atoms with Crippen LogP contribution in [0.2, 0.25) is 10.0 Å². The molecule has 0 radical (unpaired) electrons. The van der Waals surface area contributed by atoms with Crippen molar-refractivity contribution >= 4 is 63.7 Å². The highest BCUT2D eigenvalue weighted by atomic mass is 35.5. The summed E-state index contributed by atoms with van der Waals surface area (Å²) in [5, 5.41) is 5.04. The van der Waals surface area contributed by atoms with Gasteiger partial charge in [-0.15, -0.1) is 11.6 Å². The Bertz CT molecular complexity index is 1110. The molecule has 2 N–H and O–H groups in total. The maximum absolute atomic E-state index is 12.2. The fraction of sp³-hybridized carbons (Fsp3) is 0.0909. The number of hydrogen-bond acceptors (Lipinski definition) is 3. The second-order valence-corrected chi connectivity index (χ2v) is 8.45. The Hall–Kier alpha value is -2.51. The SMILES string of the molecule is O=C1[C@@H](Cl)[C@H](c2ccccc2)N1NC(=S)Nc1ccc(Oc2ccc(Cl)cc2)c(Cl)c1. The van der Waals surface area contributed by atoms with E-state index in [0.29, 0.717) is 27.2 Å². The van der Waals surface area contributed by atoms with Crippen molar-refractivity contribution in [3.8, 4) is 11.5 Å². The van der Waals surface area contributed by atoms with Crippen molar-refractivity contribution in [2.75, 3.05) is 5.32 Å². The topological polar surface area (TPSA) is 53.6 Å². The molecule has 1 heterocycles. The van der Waals surface area contributed by atoms with Crippen molar-refractivity contribution < 1.29 is 9.53 Å². The first-order chi connectivity index (χ1) is 14.9. The van der Waals surface area contributed by atoms with Crippen LogP contribution < -0.4 is 15.5 Å². The second-order valence-electron chi connectivity index (χ2n) is 6.73. The van der Waals surface area contributed by atoms with Crippen LogP contribution in [0, 0.1) is 0 Å². The van der Waals surface area contributed by atoms with E-state index in [0.717, 1.165) is 5.56 Å². The normalized spacial score (nSPS) is 17.6. The number of carbonyl (C=O) groups excluding carboxylic acids is 1. The summed E-state index contributed by atoms with van der Waals surface area (Å²) in [7, 11) is 0. The molecule has 31 heavy (non-hydrogen) atoms. The number of nitrogens with one attached hydrogen (secondary N) is 2. The molecule has 1 saturated heterocycles. The summed E-state index contributed by atoms with van der Waals surface area (Å²) in [6.07, 6.45) is 0. The fourth-order valence-corrected chi connectivity index (χ4v) is 4.03. The van der Waals surface area contributed by atoms with Crippen LogP contribution in [0.5, 0.6) is 11.5 Å². The zero-order valence-electron chi connectivity index (χ0n) is 15.9. The summed E-state index contributed by atoms with van der Waals surface area (Å²) in [6.45, 7) is 0. The van der Waals surface area contributed by atoms with Gasteiger partial charge < -0.3 is 10.1 Å². The third-order valence-electron chi connectivity index (χ3n) is 4.62. The number of amides is 1. The molecule has 1 aliphatic heterocycles. The van der Waals surface area contributed by atoms with Gasteiger partial charge in [-0.1, -0.05) is 53.5 Å². The summed E-state index contributed by atoms with van der Waals surface area (Å²) >= 11 is 23.8. The molecule has 3 aromatic carbocycles. The lowest BCUT2D eigenvalue weighted by atomic mass is 9.95. The van der Waals surface area contributed by atoms with Crippen molar-refractivity contribution in [1.29, 1.82) is 0 Å². The minimum atomic E-state index is -0.642. The van der Waals surface area contributed by atoms with Gasteiger partial charge in [0.25, 0.3) is 5.91 Å². The first kappa shape index (κ1) is 21.7. The Morgan fingerprint density at radius 2 is 1.71 bits per heavy atom. The highest BCUT2D eigenvalue weighted by Gasteiger charge is 2.47. The van der Waals surface area contributed by atoms with Crippen LogP contribution in [0.15, 0.2) is 72.8 Å². The number of nitrogens with zero attached hydrogens (tertiary/aromatic N) is 1. The fourth-order valence-electron chi connectivity index (χ4n) is 3.11. The van der Waals surface area contributed by atoms with Crippen LogP contribution in [0.25, 0.3) is 0 Å². The third-order valence-corrected chi connectivity index (χ3v) is 5.79. The number of carbonyl (C=O) groups is 1. The maximum Gasteiger partial charge on any atom is 0.262 e. The van der Waals surface area contributed by atoms with E-state index in [1.165, 1.54) is 5.01 Å². The van der Waals surface area contributed by atoms with Gasteiger partial charge in [0.2, 0.25) is 0 Å². The maximum atomic E-state index is 12.2. The third kappa shape index (κ3) is 4.88. The average Bonchev–Trinajstić information content (AvgIpc) is 2.77. The number of anilines is 1. The molecule has 0 aromatic heterocycles. The predicted molar refractivity (Wildman–Crippen MR) is 128 cm³/mol. The highest BCUT2D eigenvalue weighted by Crippen LogP contribution is 2.37. The first-order valence-electron chi connectivity index (χ1n) is 9.25. The van der Waals surface area contributed by atoms with E-state index in [1.807, 2.05) is 30.3 Å². The number of thiocarbonyl (C=S) groups is 1. The zero-order chi connectivity index (χ0) is 22.0. The quantitative estimate of drug-likeness (QED) is 0.253. The second kappa shape index (κ2) is 9.32.